The van der Waals surface area contributed by atoms with E-state index >= 15 is 0 Å². The zero-order chi connectivity index (χ0) is 8.20. The van der Waals surface area contributed by atoms with E-state index in [2.05, 4.69) is 4.99 Å². The Morgan fingerprint density at radius 2 is 2.00 bits per heavy atom. The lowest BCUT2D eigenvalue weighted by molar-refractivity contribution is -0.124. The van der Waals surface area contributed by atoms with Crippen LogP contribution in [-0.4, -0.2) is 18.4 Å². The summed E-state index contributed by atoms with van der Waals surface area (Å²) in [4.78, 5) is 23.7. The van der Waals surface area contributed by atoms with Gasteiger partial charge >= 0.3 is 0 Å². The molecule has 3 heteroatoms. The second kappa shape index (κ2) is 3.28. The first-order valence-electron chi connectivity index (χ1n) is 3.05. The maximum atomic E-state index is 11.0. The molecule has 0 saturated carbocycles. The number of carbonyl (C=O) groups excluding carboxylic acids is 2. The molecule has 0 spiro atoms. The Hall–Kier alpha value is -0.950. The molecule has 0 rings (SSSR count). The molecule has 56 valence electrons. The normalized spacial score (nSPS) is 10.3. The van der Waals surface area contributed by atoms with Crippen LogP contribution in [0.3, 0.4) is 0 Å². The van der Waals surface area contributed by atoms with E-state index in [0.29, 0.717) is 0 Å². The maximum Gasteiger partial charge on any atom is 0.235 e. The van der Waals surface area contributed by atoms with Crippen LogP contribution >= 0.6 is 0 Å². The number of carbonyl (C=O) groups is 1. The van der Waals surface area contributed by atoms with Crippen molar-refractivity contribution >= 4 is 11.9 Å². The summed E-state index contributed by atoms with van der Waals surface area (Å²) in [7, 11) is 0. The van der Waals surface area contributed by atoms with Gasteiger partial charge in [0.05, 0.1) is 0 Å². The van der Waals surface area contributed by atoms with Crippen molar-refractivity contribution in [3.05, 3.63) is 0 Å². The van der Waals surface area contributed by atoms with Crippen LogP contribution in [0.25, 0.3) is 0 Å². The molecule has 0 radical (unpaired) electrons. The fourth-order valence-corrected chi connectivity index (χ4v) is 0.341. The molecule has 3 nitrogen and oxygen atoms in total. The standard InChI is InChI=1S/C7H11NO2/c1-7(2,3)6(10)4-8-5-9/h4H2,1-3H3. The molecule has 10 heavy (non-hydrogen) atoms. The predicted octanol–water partition coefficient (Wildman–Crippen LogP) is 0.937. The molecule has 0 unspecified atom stereocenters. The molecule has 0 fully saturated rings. The summed E-state index contributed by atoms with van der Waals surface area (Å²) in [5.74, 6) is -0.0455. The zero-order valence-corrected chi connectivity index (χ0v) is 6.47. The highest BCUT2D eigenvalue weighted by Crippen LogP contribution is 2.13. The Bertz CT molecular complexity index is 173. The summed E-state index contributed by atoms with van der Waals surface area (Å²) >= 11 is 0. The van der Waals surface area contributed by atoms with Gasteiger partial charge < -0.3 is 0 Å². The Morgan fingerprint density at radius 3 is 2.30 bits per heavy atom. The summed E-state index contributed by atoms with van der Waals surface area (Å²) in [6.45, 7) is 5.31. The Balaban J connectivity index is 3.98. The van der Waals surface area contributed by atoms with Gasteiger partial charge in [0.15, 0.2) is 5.78 Å². The maximum absolute atomic E-state index is 11.0. The van der Waals surface area contributed by atoms with Crippen LogP contribution < -0.4 is 0 Å². The molecule has 0 aromatic carbocycles. The van der Waals surface area contributed by atoms with Gasteiger partial charge in [-0.1, -0.05) is 20.8 Å². The van der Waals surface area contributed by atoms with Gasteiger partial charge in [0.25, 0.3) is 0 Å². The molecule has 0 heterocycles. The number of ketones is 1. The summed E-state index contributed by atoms with van der Waals surface area (Å²) in [5.41, 5.74) is -0.402. The minimum absolute atomic E-state index is 0.0455. The lowest BCUT2D eigenvalue weighted by atomic mass is 9.91. The molecule has 0 bridgehead atoms. The molecule has 0 aromatic heterocycles. The molecule has 0 aliphatic carbocycles. The van der Waals surface area contributed by atoms with Crippen LogP contribution in [0.1, 0.15) is 20.8 Å². The van der Waals surface area contributed by atoms with Gasteiger partial charge in [-0.25, -0.2) is 4.79 Å². The first kappa shape index (κ1) is 9.05. The summed E-state index contributed by atoms with van der Waals surface area (Å²) in [6, 6.07) is 0. The van der Waals surface area contributed by atoms with Gasteiger partial charge in [-0.3, -0.25) is 4.79 Å². The predicted molar refractivity (Wildman–Crippen MR) is 37.5 cm³/mol. The van der Waals surface area contributed by atoms with Gasteiger partial charge in [-0.2, -0.15) is 4.99 Å². The summed E-state index contributed by atoms with van der Waals surface area (Å²) in [5, 5.41) is 0. The van der Waals surface area contributed by atoms with Crippen molar-refractivity contribution in [2.45, 2.75) is 20.8 Å². The number of isocyanates is 1. The summed E-state index contributed by atoms with van der Waals surface area (Å²) in [6.07, 6.45) is 1.32. The van der Waals surface area contributed by atoms with Gasteiger partial charge in [0, 0.05) is 5.41 Å². The zero-order valence-electron chi connectivity index (χ0n) is 6.47. The smallest absolute Gasteiger partial charge is 0.235 e. The highest BCUT2D eigenvalue weighted by Gasteiger charge is 2.19. The quantitative estimate of drug-likeness (QED) is 0.424. The molecule has 0 N–H and O–H groups in total. The van der Waals surface area contributed by atoms with E-state index in [1.165, 1.54) is 6.08 Å². The average Bonchev–Trinajstić information content (AvgIpc) is 1.80. The lowest BCUT2D eigenvalue weighted by Gasteiger charge is -2.13. The first-order valence-corrected chi connectivity index (χ1v) is 3.05. The van der Waals surface area contributed by atoms with Crippen molar-refractivity contribution in [2.24, 2.45) is 10.4 Å². The van der Waals surface area contributed by atoms with Gasteiger partial charge in [0.2, 0.25) is 6.08 Å². The van der Waals surface area contributed by atoms with E-state index in [4.69, 9.17) is 0 Å². The molecule has 0 amide bonds. The number of hydrogen-bond donors (Lipinski definition) is 0. The van der Waals surface area contributed by atoms with Crippen molar-refractivity contribution in [1.82, 2.24) is 0 Å². The minimum Gasteiger partial charge on any atom is -0.297 e. The third-order valence-corrected chi connectivity index (χ3v) is 1.12. The Labute approximate surface area is 60.1 Å². The molecule has 0 aliphatic heterocycles. The van der Waals surface area contributed by atoms with Crippen LogP contribution in [-0.2, 0) is 9.59 Å². The van der Waals surface area contributed by atoms with E-state index in [1.807, 2.05) is 0 Å². The number of nitrogens with zero attached hydrogens (tertiary/aromatic N) is 1. The molecule has 0 aromatic rings. The topological polar surface area (TPSA) is 46.5 Å². The second-order valence-electron chi connectivity index (χ2n) is 3.08. The largest absolute Gasteiger partial charge is 0.297 e. The number of Topliss-reactive ketones (excluding diaryl/α,β-unsaturated/α-hetero) is 1. The van der Waals surface area contributed by atoms with Crippen LogP contribution in [0, 0.1) is 5.41 Å². The number of rotatable bonds is 2. The Morgan fingerprint density at radius 1 is 1.50 bits per heavy atom. The van der Waals surface area contributed by atoms with Gasteiger partial charge in [0.1, 0.15) is 6.54 Å². The third-order valence-electron chi connectivity index (χ3n) is 1.12. The van der Waals surface area contributed by atoms with Crippen molar-refractivity contribution in [3.8, 4) is 0 Å². The van der Waals surface area contributed by atoms with E-state index < -0.39 is 5.41 Å². The molecule has 0 aliphatic rings. The Kier molecular flexibility index (Phi) is 2.97. The number of aliphatic imine (C=N–C) groups is 1. The van der Waals surface area contributed by atoms with Gasteiger partial charge in [-0.15, -0.1) is 0 Å². The lowest BCUT2D eigenvalue weighted by Crippen LogP contribution is -2.22. The van der Waals surface area contributed by atoms with Crippen LogP contribution in [0.4, 0.5) is 0 Å². The molecular formula is C7H11NO2. The highest BCUT2D eigenvalue weighted by atomic mass is 16.1. The SMILES string of the molecule is CC(C)(C)C(=O)CN=C=O. The van der Waals surface area contributed by atoms with Crippen molar-refractivity contribution in [2.75, 3.05) is 6.54 Å². The monoisotopic (exact) mass is 141 g/mol. The van der Waals surface area contributed by atoms with Gasteiger partial charge in [-0.05, 0) is 0 Å². The van der Waals surface area contributed by atoms with E-state index in [-0.39, 0.29) is 12.3 Å². The van der Waals surface area contributed by atoms with Crippen molar-refractivity contribution in [1.29, 1.82) is 0 Å². The number of hydrogen-bond acceptors (Lipinski definition) is 3. The van der Waals surface area contributed by atoms with E-state index in [0.717, 1.165) is 0 Å². The fourth-order valence-electron chi connectivity index (χ4n) is 0.341. The third kappa shape index (κ3) is 3.15. The second-order valence-corrected chi connectivity index (χ2v) is 3.08. The van der Waals surface area contributed by atoms with Crippen molar-refractivity contribution in [3.63, 3.8) is 0 Å². The molecular weight excluding hydrogens is 130 g/mol. The van der Waals surface area contributed by atoms with Crippen molar-refractivity contribution < 1.29 is 9.59 Å². The van der Waals surface area contributed by atoms with Crippen LogP contribution in [0.15, 0.2) is 4.99 Å². The fraction of sp³-hybridized carbons (Fsp3) is 0.714. The van der Waals surface area contributed by atoms with Crippen LogP contribution in [0.2, 0.25) is 0 Å². The average molecular weight is 141 g/mol. The van der Waals surface area contributed by atoms with Crippen LogP contribution in [0.5, 0.6) is 0 Å². The molecule has 0 atom stereocenters. The highest BCUT2D eigenvalue weighted by molar-refractivity contribution is 5.86. The minimum atomic E-state index is -0.402. The first-order chi connectivity index (χ1) is 4.48. The summed E-state index contributed by atoms with van der Waals surface area (Å²) < 4.78 is 0. The molecule has 0 saturated heterocycles. The van der Waals surface area contributed by atoms with E-state index in [9.17, 15) is 9.59 Å². The van der Waals surface area contributed by atoms with E-state index in [1.54, 1.807) is 20.8 Å².